The van der Waals surface area contributed by atoms with Crippen molar-refractivity contribution in [2.45, 2.75) is 18.1 Å². The Balaban J connectivity index is 1.71. The molecule has 0 aliphatic heterocycles. The fourth-order valence-corrected chi connectivity index (χ4v) is 4.90. The third-order valence-corrected chi connectivity index (χ3v) is 7.03. The van der Waals surface area contributed by atoms with Crippen molar-refractivity contribution in [3.8, 4) is 11.5 Å². The lowest BCUT2D eigenvalue weighted by Crippen LogP contribution is -2.41. The van der Waals surface area contributed by atoms with Crippen LogP contribution in [0.25, 0.3) is 0 Å². The van der Waals surface area contributed by atoms with Gasteiger partial charge in [0.25, 0.3) is 21.8 Å². The lowest BCUT2D eigenvalue weighted by atomic mass is 10.1. The number of rotatable bonds is 9. The Hall–Kier alpha value is -3.57. The molecule has 0 aliphatic rings. The molecule has 0 atom stereocenters. The zero-order valence-electron chi connectivity index (χ0n) is 18.0. The molecule has 0 aliphatic carbocycles. The van der Waals surface area contributed by atoms with E-state index in [0.717, 1.165) is 11.3 Å². The van der Waals surface area contributed by atoms with Crippen LogP contribution in [0.2, 0.25) is 0 Å². The summed E-state index contributed by atoms with van der Waals surface area (Å²) < 4.78 is 38.6. The molecule has 0 fully saturated rings. The number of thiophene rings is 1. The average molecular weight is 490 g/mol. The molecule has 174 valence electrons. The first-order valence-electron chi connectivity index (χ1n) is 10.0. The van der Waals surface area contributed by atoms with Gasteiger partial charge in [-0.1, -0.05) is 18.2 Å². The second-order valence-corrected chi connectivity index (χ2v) is 9.38. The first kappa shape index (κ1) is 24.1. The normalized spacial score (nSPS) is 10.8. The number of benzene rings is 2. The van der Waals surface area contributed by atoms with E-state index in [4.69, 9.17) is 9.47 Å². The summed E-state index contributed by atoms with van der Waals surface area (Å²) in [7, 11) is -3.84. The van der Waals surface area contributed by atoms with E-state index < -0.39 is 21.8 Å². The number of carbonyl (C=O) groups is 2. The maximum absolute atomic E-state index is 12.7. The Labute approximate surface area is 195 Å². The SMILES string of the molecule is CCOc1ccc(C(=O)NNC(=O)c2ccccc2NS(=O)(=O)c2cccs2)cc1OCC. The highest BCUT2D eigenvalue weighted by molar-refractivity contribution is 7.94. The van der Waals surface area contributed by atoms with E-state index >= 15 is 0 Å². The molecule has 9 nitrogen and oxygen atoms in total. The molecule has 0 saturated heterocycles. The van der Waals surface area contributed by atoms with Gasteiger partial charge in [-0.2, -0.15) is 0 Å². The summed E-state index contributed by atoms with van der Waals surface area (Å²) in [6, 6.07) is 13.8. The van der Waals surface area contributed by atoms with Gasteiger partial charge in [-0.15, -0.1) is 11.3 Å². The van der Waals surface area contributed by atoms with E-state index in [2.05, 4.69) is 15.6 Å². The highest BCUT2D eigenvalue weighted by Gasteiger charge is 2.20. The molecule has 11 heteroatoms. The molecule has 0 bridgehead atoms. The Kier molecular flexibility index (Phi) is 7.91. The molecule has 3 rings (SSSR count). The van der Waals surface area contributed by atoms with Crippen LogP contribution in [-0.2, 0) is 10.0 Å². The van der Waals surface area contributed by atoms with Crippen molar-refractivity contribution in [2.24, 2.45) is 0 Å². The van der Waals surface area contributed by atoms with Crippen LogP contribution in [0.1, 0.15) is 34.6 Å². The van der Waals surface area contributed by atoms with Gasteiger partial charge in [0.15, 0.2) is 11.5 Å². The highest BCUT2D eigenvalue weighted by Crippen LogP contribution is 2.28. The number of hydrogen-bond donors (Lipinski definition) is 3. The van der Waals surface area contributed by atoms with Crippen LogP contribution in [0.15, 0.2) is 64.2 Å². The van der Waals surface area contributed by atoms with Crippen molar-refractivity contribution in [1.29, 1.82) is 0 Å². The molecular weight excluding hydrogens is 466 g/mol. The number of carbonyl (C=O) groups excluding carboxylic acids is 2. The molecule has 0 radical (unpaired) electrons. The molecule has 0 unspecified atom stereocenters. The van der Waals surface area contributed by atoms with Crippen LogP contribution in [0.4, 0.5) is 5.69 Å². The van der Waals surface area contributed by atoms with E-state index in [1.54, 1.807) is 29.6 Å². The van der Waals surface area contributed by atoms with Gasteiger partial charge in [0.05, 0.1) is 24.5 Å². The number of hydrazine groups is 1. The second kappa shape index (κ2) is 10.8. The first-order chi connectivity index (χ1) is 15.9. The van der Waals surface area contributed by atoms with Crippen molar-refractivity contribution >= 4 is 38.9 Å². The molecule has 0 saturated carbocycles. The summed E-state index contributed by atoms with van der Waals surface area (Å²) in [5, 5.41) is 1.64. The lowest BCUT2D eigenvalue weighted by molar-refractivity contribution is 0.0847. The topological polar surface area (TPSA) is 123 Å². The number of nitrogens with one attached hydrogen (secondary N) is 3. The first-order valence-corrected chi connectivity index (χ1v) is 12.4. The maximum Gasteiger partial charge on any atom is 0.271 e. The van der Waals surface area contributed by atoms with Gasteiger partial charge in [-0.05, 0) is 55.6 Å². The number of amides is 2. The summed E-state index contributed by atoms with van der Waals surface area (Å²) in [5.41, 5.74) is 5.00. The van der Waals surface area contributed by atoms with Crippen molar-refractivity contribution in [1.82, 2.24) is 10.9 Å². The molecule has 1 heterocycles. The van der Waals surface area contributed by atoms with Gasteiger partial charge in [0, 0.05) is 5.56 Å². The lowest BCUT2D eigenvalue weighted by Gasteiger charge is -2.14. The Morgan fingerprint density at radius 3 is 2.27 bits per heavy atom. The van der Waals surface area contributed by atoms with Crippen LogP contribution >= 0.6 is 11.3 Å². The number of sulfonamides is 1. The number of para-hydroxylation sites is 1. The summed E-state index contributed by atoms with van der Waals surface area (Å²) in [6.45, 7) is 4.48. The molecule has 33 heavy (non-hydrogen) atoms. The van der Waals surface area contributed by atoms with Crippen molar-refractivity contribution < 1.29 is 27.5 Å². The quantitative estimate of drug-likeness (QED) is 0.396. The third-order valence-electron chi connectivity index (χ3n) is 4.27. The zero-order chi connectivity index (χ0) is 23.8. The van der Waals surface area contributed by atoms with Crippen LogP contribution in [-0.4, -0.2) is 33.4 Å². The molecule has 3 N–H and O–H groups in total. The van der Waals surface area contributed by atoms with Gasteiger partial charge in [-0.25, -0.2) is 8.42 Å². The minimum atomic E-state index is -3.84. The third kappa shape index (κ3) is 6.02. The summed E-state index contributed by atoms with van der Waals surface area (Å²) in [5.74, 6) is -0.355. The van der Waals surface area contributed by atoms with Gasteiger partial charge in [-0.3, -0.25) is 25.2 Å². The summed E-state index contributed by atoms with van der Waals surface area (Å²) in [6.07, 6.45) is 0. The average Bonchev–Trinajstić information content (AvgIpc) is 3.35. The number of hydrogen-bond acceptors (Lipinski definition) is 7. The van der Waals surface area contributed by atoms with Crippen LogP contribution in [0.3, 0.4) is 0 Å². The van der Waals surface area contributed by atoms with E-state index in [1.807, 2.05) is 13.8 Å². The second-order valence-electron chi connectivity index (χ2n) is 6.52. The van der Waals surface area contributed by atoms with E-state index in [0.29, 0.717) is 24.7 Å². The minimum Gasteiger partial charge on any atom is -0.490 e. The monoisotopic (exact) mass is 489 g/mol. The van der Waals surface area contributed by atoms with E-state index in [1.165, 1.54) is 30.3 Å². The predicted molar refractivity (Wildman–Crippen MR) is 125 cm³/mol. The standard InChI is InChI=1S/C22H23N3O6S2/c1-3-30-18-12-11-15(14-19(18)31-4-2)21(26)23-24-22(27)16-8-5-6-9-17(16)25-33(28,29)20-10-7-13-32-20/h5-14,25H,3-4H2,1-2H3,(H,23,26)(H,24,27). The molecule has 3 aromatic rings. The maximum atomic E-state index is 12.7. The van der Waals surface area contributed by atoms with E-state index in [-0.39, 0.29) is 21.0 Å². The van der Waals surface area contributed by atoms with Gasteiger partial charge in [0.2, 0.25) is 0 Å². The largest absolute Gasteiger partial charge is 0.490 e. The number of anilines is 1. The molecular formula is C22H23N3O6S2. The van der Waals surface area contributed by atoms with Gasteiger partial charge in [0.1, 0.15) is 4.21 Å². The van der Waals surface area contributed by atoms with Crippen LogP contribution < -0.4 is 25.0 Å². The Bertz CT molecular complexity index is 1230. The summed E-state index contributed by atoms with van der Waals surface area (Å²) in [4.78, 5) is 25.2. The highest BCUT2D eigenvalue weighted by atomic mass is 32.2. The number of ether oxygens (including phenoxy) is 2. The summed E-state index contributed by atoms with van der Waals surface area (Å²) >= 11 is 1.06. The fourth-order valence-electron chi connectivity index (χ4n) is 2.83. The fraction of sp³-hybridized carbons (Fsp3) is 0.182. The van der Waals surface area contributed by atoms with Gasteiger partial charge < -0.3 is 9.47 Å². The van der Waals surface area contributed by atoms with Crippen molar-refractivity contribution in [3.05, 3.63) is 71.1 Å². The predicted octanol–water partition coefficient (Wildman–Crippen LogP) is 3.42. The smallest absolute Gasteiger partial charge is 0.271 e. The molecule has 2 aromatic carbocycles. The zero-order valence-corrected chi connectivity index (χ0v) is 19.6. The molecule has 1 aromatic heterocycles. The van der Waals surface area contributed by atoms with Crippen LogP contribution in [0.5, 0.6) is 11.5 Å². The molecule has 2 amide bonds. The van der Waals surface area contributed by atoms with Crippen molar-refractivity contribution in [2.75, 3.05) is 17.9 Å². The minimum absolute atomic E-state index is 0.0413. The molecule has 0 spiro atoms. The van der Waals surface area contributed by atoms with Crippen molar-refractivity contribution in [3.63, 3.8) is 0 Å². The van der Waals surface area contributed by atoms with Gasteiger partial charge >= 0.3 is 0 Å². The van der Waals surface area contributed by atoms with E-state index in [9.17, 15) is 18.0 Å². The van der Waals surface area contributed by atoms with Crippen LogP contribution in [0, 0.1) is 0 Å². The Morgan fingerprint density at radius 1 is 0.879 bits per heavy atom. The Morgan fingerprint density at radius 2 is 1.58 bits per heavy atom.